The zero-order valence-electron chi connectivity index (χ0n) is 13.1. The van der Waals surface area contributed by atoms with Crippen LogP contribution in [-0.2, 0) is 4.79 Å². The number of ether oxygens (including phenoxy) is 1. The Labute approximate surface area is 137 Å². The van der Waals surface area contributed by atoms with Crippen molar-refractivity contribution in [3.63, 3.8) is 0 Å². The number of halogens is 3. The highest BCUT2D eigenvalue weighted by Crippen LogP contribution is 2.44. The molecule has 0 spiro atoms. The van der Waals surface area contributed by atoms with Crippen molar-refractivity contribution in [2.24, 2.45) is 0 Å². The average Bonchev–Trinajstić information content (AvgIpc) is 2.94. The summed E-state index contributed by atoms with van der Waals surface area (Å²) in [5, 5.41) is 2.11. The Morgan fingerprint density at radius 2 is 2.00 bits per heavy atom. The van der Waals surface area contributed by atoms with E-state index >= 15 is 0 Å². The number of hydrogen-bond acceptors (Lipinski definition) is 3. The van der Waals surface area contributed by atoms with E-state index in [0.717, 1.165) is 5.01 Å². The number of fused-ring (bicyclic) bond motifs is 1. The fraction of sp³-hybridized carbons (Fsp3) is 0.353. The molecule has 7 heteroatoms. The molecule has 4 nitrogen and oxygen atoms in total. The monoisotopic (exact) mass is 338 g/mol. The smallest absolute Gasteiger partial charge is 0.410 e. The van der Waals surface area contributed by atoms with E-state index < -0.39 is 18.1 Å². The SMILES string of the molecule is CCOc1ccc2ccccc2c1[C@H](N1CCC(=O)N1)C(F)(F)F. The van der Waals surface area contributed by atoms with Crippen molar-refractivity contribution < 1.29 is 22.7 Å². The van der Waals surface area contributed by atoms with Crippen LogP contribution in [0.4, 0.5) is 13.2 Å². The lowest BCUT2D eigenvalue weighted by atomic mass is 9.96. The Bertz CT molecular complexity index is 761. The molecule has 1 aliphatic heterocycles. The van der Waals surface area contributed by atoms with Gasteiger partial charge in [0, 0.05) is 18.5 Å². The average molecular weight is 338 g/mol. The lowest BCUT2D eigenvalue weighted by molar-refractivity contribution is -0.191. The fourth-order valence-electron chi connectivity index (χ4n) is 3.02. The van der Waals surface area contributed by atoms with Crippen LogP contribution in [0.15, 0.2) is 36.4 Å². The molecule has 2 aromatic carbocycles. The predicted molar refractivity (Wildman–Crippen MR) is 83.4 cm³/mol. The third kappa shape index (κ3) is 3.03. The largest absolute Gasteiger partial charge is 0.494 e. The molecule has 128 valence electrons. The van der Waals surface area contributed by atoms with Gasteiger partial charge in [-0.3, -0.25) is 10.2 Å². The van der Waals surface area contributed by atoms with Crippen LogP contribution in [0.1, 0.15) is 24.9 Å². The standard InChI is InChI=1S/C17H17F3N2O2/c1-2-24-13-8-7-11-5-3-4-6-12(11)15(13)16(17(18,19)20)22-10-9-14(23)21-22/h3-8,16H,2,9-10H2,1H3,(H,21,23)/t16-/m0/s1. The van der Waals surface area contributed by atoms with E-state index in [4.69, 9.17) is 4.74 Å². The second-order valence-corrected chi connectivity index (χ2v) is 5.55. The van der Waals surface area contributed by atoms with Crippen LogP contribution in [-0.4, -0.2) is 30.2 Å². The Hall–Kier alpha value is -2.28. The summed E-state index contributed by atoms with van der Waals surface area (Å²) in [6.45, 7) is 1.97. The third-order valence-electron chi connectivity index (χ3n) is 3.97. The van der Waals surface area contributed by atoms with Crippen LogP contribution in [0.5, 0.6) is 5.75 Å². The van der Waals surface area contributed by atoms with Gasteiger partial charge in [0.15, 0.2) is 6.04 Å². The number of rotatable bonds is 4. The maximum Gasteiger partial charge on any atom is 0.410 e. The molecule has 0 bridgehead atoms. The van der Waals surface area contributed by atoms with Gasteiger partial charge in [-0.05, 0) is 23.8 Å². The minimum atomic E-state index is -4.56. The van der Waals surface area contributed by atoms with E-state index in [-0.39, 0.29) is 30.9 Å². The van der Waals surface area contributed by atoms with Crippen molar-refractivity contribution in [1.29, 1.82) is 0 Å². The molecule has 3 rings (SSSR count). The predicted octanol–water partition coefficient (Wildman–Crippen LogP) is 3.58. The highest BCUT2D eigenvalue weighted by molar-refractivity contribution is 5.88. The first-order valence-corrected chi connectivity index (χ1v) is 7.69. The van der Waals surface area contributed by atoms with E-state index in [2.05, 4.69) is 5.43 Å². The summed E-state index contributed by atoms with van der Waals surface area (Å²) in [6.07, 6.45) is -4.52. The molecule has 0 unspecified atom stereocenters. The molecule has 1 heterocycles. The van der Waals surface area contributed by atoms with Gasteiger partial charge in [0.1, 0.15) is 5.75 Å². The molecule has 0 saturated carbocycles. The van der Waals surface area contributed by atoms with Gasteiger partial charge in [-0.25, -0.2) is 5.01 Å². The summed E-state index contributed by atoms with van der Waals surface area (Å²) < 4.78 is 47.1. The van der Waals surface area contributed by atoms with Crippen molar-refractivity contribution in [2.75, 3.05) is 13.2 Å². The summed E-state index contributed by atoms with van der Waals surface area (Å²) in [5.41, 5.74) is 2.34. The number of hydrogen-bond donors (Lipinski definition) is 1. The molecule has 1 saturated heterocycles. The summed E-state index contributed by atoms with van der Waals surface area (Å²) in [7, 11) is 0. The Morgan fingerprint density at radius 3 is 2.62 bits per heavy atom. The first-order valence-electron chi connectivity index (χ1n) is 7.69. The van der Waals surface area contributed by atoms with E-state index in [1.807, 2.05) is 0 Å². The van der Waals surface area contributed by atoms with Gasteiger partial charge in [0.05, 0.1) is 6.61 Å². The molecule has 1 fully saturated rings. The molecule has 1 atom stereocenters. The lowest BCUT2D eigenvalue weighted by Gasteiger charge is -2.31. The number of nitrogens with zero attached hydrogens (tertiary/aromatic N) is 1. The van der Waals surface area contributed by atoms with Gasteiger partial charge < -0.3 is 4.74 Å². The molecule has 1 N–H and O–H groups in total. The number of carbonyl (C=O) groups is 1. The number of amides is 1. The quantitative estimate of drug-likeness (QED) is 0.926. The second-order valence-electron chi connectivity index (χ2n) is 5.55. The van der Waals surface area contributed by atoms with Crippen LogP contribution in [0, 0.1) is 0 Å². The minimum absolute atomic E-state index is 0.00219. The number of nitrogens with one attached hydrogen (secondary N) is 1. The highest BCUT2D eigenvalue weighted by atomic mass is 19.4. The van der Waals surface area contributed by atoms with Gasteiger partial charge >= 0.3 is 6.18 Å². The summed E-state index contributed by atoms with van der Waals surface area (Å²) in [6, 6.07) is 8.19. The third-order valence-corrected chi connectivity index (χ3v) is 3.97. The molecule has 0 aliphatic carbocycles. The van der Waals surface area contributed by atoms with E-state index in [0.29, 0.717) is 10.8 Å². The van der Waals surface area contributed by atoms with E-state index in [1.165, 1.54) is 0 Å². The van der Waals surface area contributed by atoms with Crippen molar-refractivity contribution in [2.45, 2.75) is 25.6 Å². The molecule has 1 aliphatic rings. The van der Waals surface area contributed by atoms with Crippen molar-refractivity contribution in [3.8, 4) is 5.75 Å². The molecule has 1 amide bonds. The van der Waals surface area contributed by atoms with Gasteiger partial charge in [-0.1, -0.05) is 30.3 Å². The lowest BCUT2D eigenvalue weighted by Crippen LogP contribution is -2.43. The zero-order chi connectivity index (χ0) is 17.3. The molecule has 2 aromatic rings. The van der Waals surface area contributed by atoms with Crippen LogP contribution >= 0.6 is 0 Å². The summed E-state index contributed by atoms with van der Waals surface area (Å²) in [5.74, 6) is -0.234. The Kier molecular flexibility index (Phi) is 4.36. The topological polar surface area (TPSA) is 41.6 Å². The summed E-state index contributed by atoms with van der Waals surface area (Å²) in [4.78, 5) is 11.4. The van der Waals surface area contributed by atoms with Gasteiger partial charge in [-0.15, -0.1) is 0 Å². The van der Waals surface area contributed by atoms with Crippen molar-refractivity contribution in [1.82, 2.24) is 10.4 Å². The Balaban J connectivity index is 2.22. The molecular formula is C17H17F3N2O2. The maximum absolute atomic E-state index is 13.9. The molecule has 0 radical (unpaired) electrons. The maximum atomic E-state index is 13.9. The van der Waals surface area contributed by atoms with Crippen LogP contribution in [0.3, 0.4) is 0 Å². The zero-order valence-corrected chi connectivity index (χ0v) is 13.1. The normalized spacial score (nSPS) is 17.1. The van der Waals surface area contributed by atoms with Crippen LogP contribution in [0.25, 0.3) is 10.8 Å². The number of benzene rings is 2. The van der Waals surface area contributed by atoms with Crippen LogP contribution in [0.2, 0.25) is 0 Å². The molecule has 0 aromatic heterocycles. The molecule has 24 heavy (non-hydrogen) atoms. The first-order chi connectivity index (χ1) is 11.4. The first kappa shape index (κ1) is 16.6. The van der Waals surface area contributed by atoms with Crippen LogP contribution < -0.4 is 10.2 Å². The number of carbonyl (C=O) groups excluding carboxylic acids is 1. The second kappa shape index (κ2) is 6.32. The molecular weight excluding hydrogens is 321 g/mol. The van der Waals surface area contributed by atoms with Crippen molar-refractivity contribution in [3.05, 3.63) is 42.0 Å². The van der Waals surface area contributed by atoms with Gasteiger partial charge in [-0.2, -0.15) is 13.2 Å². The number of alkyl halides is 3. The van der Waals surface area contributed by atoms with Gasteiger partial charge in [0.25, 0.3) is 0 Å². The minimum Gasteiger partial charge on any atom is -0.494 e. The van der Waals surface area contributed by atoms with E-state index in [1.54, 1.807) is 43.3 Å². The summed E-state index contributed by atoms with van der Waals surface area (Å²) >= 11 is 0. The fourth-order valence-corrected chi connectivity index (χ4v) is 3.02. The Morgan fingerprint density at radius 1 is 1.25 bits per heavy atom. The van der Waals surface area contributed by atoms with E-state index in [9.17, 15) is 18.0 Å². The van der Waals surface area contributed by atoms with Crippen molar-refractivity contribution >= 4 is 16.7 Å². The highest BCUT2D eigenvalue weighted by Gasteiger charge is 2.48. The number of hydrazine groups is 1. The van der Waals surface area contributed by atoms with Gasteiger partial charge in [0.2, 0.25) is 5.91 Å².